The van der Waals surface area contributed by atoms with E-state index in [1.807, 2.05) is 0 Å². The fourth-order valence-electron chi connectivity index (χ4n) is 3.31. The monoisotopic (exact) mass is 288 g/mol. The van der Waals surface area contributed by atoms with Crippen molar-refractivity contribution in [2.24, 2.45) is 11.3 Å². The lowest BCUT2D eigenvalue weighted by molar-refractivity contribution is 0.221. The van der Waals surface area contributed by atoms with Crippen molar-refractivity contribution >= 4 is 0 Å². The van der Waals surface area contributed by atoms with E-state index in [-0.39, 0.29) is 0 Å². The van der Waals surface area contributed by atoms with E-state index in [9.17, 15) is 0 Å². The van der Waals surface area contributed by atoms with E-state index in [1.165, 1.54) is 36.2 Å². The number of nitrogens with one attached hydrogen (secondary N) is 1. The summed E-state index contributed by atoms with van der Waals surface area (Å²) in [4.78, 5) is 2.63. The predicted octanol–water partition coefficient (Wildman–Crippen LogP) is 3.93. The van der Waals surface area contributed by atoms with E-state index < -0.39 is 0 Å². The highest BCUT2D eigenvalue weighted by Crippen LogP contribution is 2.34. The molecular weight excluding hydrogens is 256 g/mol. The van der Waals surface area contributed by atoms with Crippen LogP contribution in [0.25, 0.3) is 0 Å². The lowest BCUT2D eigenvalue weighted by Crippen LogP contribution is -2.33. The van der Waals surface area contributed by atoms with Gasteiger partial charge in [-0.25, -0.2) is 0 Å². The minimum atomic E-state index is 0.433. The van der Waals surface area contributed by atoms with Gasteiger partial charge < -0.3 is 10.2 Å². The molecule has 1 aliphatic rings. The van der Waals surface area contributed by atoms with Crippen molar-refractivity contribution in [2.45, 2.75) is 47.1 Å². The van der Waals surface area contributed by atoms with Crippen LogP contribution in [0, 0.1) is 25.2 Å². The third-order valence-electron chi connectivity index (χ3n) is 5.22. The van der Waals surface area contributed by atoms with Gasteiger partial charge in [0.25, 0.3) is 0 Å². The van der Waals surface area contributed by atoms with Crippen LogP contribution in [-0.4, -0.2) is 31.6 Å². The number of hydrogen-bond acceptors (Lipinski definition) is 2. The molecule has 1 aromatic carbocycles. The van der Waals surface area contributed by atoms with Crippen LogP contribution < -0.4 is 5.32 Å². The van der Waals surface area contributed by atoms with Gasteiger partial charge in [-0.15, -0.1) is 0 Å². The van der Waals surface area contributed by atoms with Gasteiger partial charge in [-0.1, -0.05) is 39.0 Å². The summed E-state index contributed by atoms with van der Waals surface area (Å²) in [7, 11) is 2.08. The Morgan fingerprint density at radius 1 is 1.24 bits per heavy atom. The Kier molecular flexibility index (Phi) is 5.11. The summed E-state index contributed by atoms with van der Waals surface area (Å²) >= 11 is 0. The fraction of sp³-hybridized carbons (Fsp3) is 0.684. The van der Waals surface area contributed by atoms with Gasteiger partial charge in [0.2, 0.25) is 0 Å². The van der Waals surface area contributed by atoms with Crippen LogP contribution in [0.1, 0.15) is 49.9 Å². The molecule has 1 heterocycles. The highest BCUT2D eigenvalue weighted by Gasteiger charge is 2.32. The molecule has 1 fully saturated rings. The van der Waals surface area contributed by atoms with Crippen LogP contribution in [0.15, 0.2) is 18.2 Å². The van der Waals surface area contributed by atoms with Crippen molar-refractivity contribution in [3.8, 4) is 0 Å². The number of likely N-dealkylation sites (tertiary alicyclic amines) is 1. The molecule has 1 N–H and O–H groups in total. The van der Waals surface area contributed by atoms with Crippen LogP contribution in [0.2, 0.25) is 0 Å². The van der Waals surface area contributed by atoms with Crippen LogP contribution in [-0.2, 0) is 0 Å². The van der Waals surface area contributed by atoms with Crippen LogP contribution in [0.5, 0.6) is 0 Å². The molecule has 0 saturated carbocycles. The number of benzene rings is 1. The summed E-state index contributed by atoms with van der Waals surface area (Å²) in [6, 6.07) is 7.30. The molecule has 2 unspecified atom stereocenters. The average molecular weight is 288 g/mol. The van der Waals surface area contributed by atoms with Gasteiger partial charge in [-0.2, -0.15) is 0 Å². The summed E-state index contributed by atoms with van der Waals surface area (Å²) in [6.45, 7) is 15.1. The molecule has 0 aromatic heterocycles. The van der Waals surface area contributed by atoms with Crippen LogP contribution in [0.4, 0.5) is 0 Å². The topological polar surface area (TPSA) is 15.3 Å². The van der Waals surface area contributed by atoms with E-state index >= 15 is 0 Å². The number of hydrogen-bond donors (Lipinski definition) is 1. The van der Waals surface area contributed by atoms with Crippen molar-refractivity contribution in [3.05, 3.63) is 34.9 Å². The maximum absolute atomic E-state index is 3.50. The number of aryl methyl sites for hydroxylation is 2. The van der Waals surface area contributed by atoms with Gasteiger partial charge in [-0.3, -0.25) is 0 Å². The molecule has 118 valence electrons. The molecule has 2 heteroatoms. The molecule has 0 amide bonds. The Morgan fingerprint density at radius 2 is 1.95 bits per heavy atom. The van der Waals surface area contributed by atoms with Gasteiger partial charge in [-0.05, 0) is 61.9 Å². The zero-order valence-corrected chi connectivity index (χ0v) is 14.7. The maximum Gasteiger partial charge on any atom is 0.0446 e. The Hall–Kier alpha value is -0.860. The van der Waals surface area contributed by atoms with E-state index in [0.717, 1.165) is 12.5 Å². The van der Waals surface area contributed by atoms with Gasteiger partial charge >= 0.3 is 0 Å². The van der Waals surface area contributed by atoms with E-state index in [2.05, 4.69) is 70.1 Å². The first-order chi connectivity index (χ1) is 9.81. The molecule has 0 radical (unpaired) electrons. The van der Waals surface area contributed by atoms with Crippen molar-refractivity contribution in [1.29, 1.82) is 0 Å². The SMILES string of the molecule is CNC(CN1CCC(C(C)(C)C)C1)c1ccc(C)c(C)c1. The van der Waals surface area contributed by atoms with E-state index in [0.29, 0.717) is 11.5 Å². The second kappa shape index (κ2) is 6.50. The molecule has 0 aliphatic carbocycles. The number of nitrogens with zero attached hydrogens (tertiary/aromatic N) is 1. The first-order valence-electron chi connectivity index (χ1n) is 8.28. The number of likely N-dealkylation sites (N-methyl/N-ethyl adjacent to an activating group) is 1. The summed E-state index contributed by atoms with van der Waals surface area (Å²) in [5, 5.41) is 3.50. The van der Waals surface area contributed by atoms with Crippen molar-refractivity contribution < 1.29 is 0 Å². The summed E-state index contributed by atoms with van der Waals surface area (Å²) in [6.07, 6.45) is 1.34. The van der Waals surface area contributed by atoms with Crippen LogP contribution in [0.3, 0.4) is 0 Å². The summed E-state index contributed by atoms with van der Waals surface area (Å²) < 4.78 is 0. The average Bonchev–Trinajstić information content (AvgIpc) is 2.88. The Morgan fingerprint density at radius 3 is 2.48 bits per heavy atom. The Balaban J connectivity index is 2.02. The van der Waals surface area contributed by atoms with E-state index in [1.54, 1.807) is 0 Å². The molecule has 21 heavy (non-hydrogen) atoms. The molecule has 1 saturated heterocycles. The first-order valence-corrected chi connectivity index (χ1v) is 8.28. The van der Waals surface area contributed by atoms with Gasteiger partial charge in [0.1, 0.15) is 0 Å². The molecule has 2 rings (SSSR count). The molecular formula is C19H32N2. The smallest absolute Gasteiger partial charge is 0.0446 e. The lowest BCUT2D eigenvalue weighted by Gasteiger charge is -2.28. The molecule has 2 atom stereocenters. The quantitative estimate of drug-likeness (QED) is 0.903. The zero-order chi connectivity index (χ0) is 15.6. The fourth-order valence-corrected chi connectivity index (χ4v) is 3.31. The minimum Gasteiger partial charge on any atom is -0.312 e. The highest BCUT2D eigenvalue weighted by atomic mass is 15.2. The molecule has 0 bridgehead atoms. The molecule has 1 aromatic rings. The second-order valence-corrected chi connectivity index (χ2v) is 7.80. The predicted molar refractivity (Wildman–Crippen MR) is 91.7 cm³/mol. The van der Waals surface area contributed by atoms with Crippen molar-refractivity contribution in [2.75, 3.05) is 26.7 Å². The third kappa shape index (κ3) is 4.08. The zero-order valence-electron chi connectivity index (χ0n) is 14.7. The van der Waals surface area contributed by atoms with E-state index in [4.69, 9.17) is 0 Å². The number of rotatable bonds is 4. The molecule has 1 aliphatic heterocycles. The molecule has 0 spiro atoms. The van der Waals surface area contributed by atoms with Gasteiger partial charge in [0.15, 0.2) is 0 Å². The standard InChI is InChI=1S/C19H32N2/c1-14-7-8-16(11-15(14)2)18(20-6)13-21-10-9-17(12-21)19(3,4)5/h7-8,11,17-18,20H,9-10,12-13H2,1-6H3. The minimum absolute atomic E-state index is 0.433. The largest absolute Gasteiger partial charge is 0.312 e. The van der Waals surface area contributed by atoms with Gasteiger partial charge in [0, 0.05) is 19.1 Å². The van der Waals surface area contributed by atoms with Crippen molar-refractivity contribution in [1.82, 2.24) is 10.2 Å². The second-order valence-electron chi connectivity index (χ2n) is 7.80. The Labute approximate surface area is 130 Å². The first kappa shape index (κ1) is 16.5. The third-order valence-corrected chi connectivity index (χ3v) is 5.22. The lowest BCUT2D eigenvalue weighted by atomic mass is 9.80. The van der Waals surface area contributed by atoms with Gasteiger partial charge in [0.05, 0.1) is 0 Å². The van der Waals surface area contributed by atoms with Crippen molar-refractivity contribution in [3.63, 3.8) is 0 Å². The molecule has 2 nitrogen and oxygen atoms in total. The summed E-state index contributed by atoms with van der Waals surface area (Å²) in [5.74, 6) is 0.828. The maximum atomic E-state index is 3.50. The highest BCUT2D eigenvalue weighted by molar-refractivity contribution is 5.31. The normalized spacial score (nSPS) is 21.7. The van der Waals surface area contributed by atoms with Crippen LogP contribution >= 0.6 is 0 Å². The Bertz CT molecular complexity index is 473. The summed E-state index contributed by atoms with van der Waals surface area (Å²) in [5.41, 5.74) is 4.62.